The van der Waals surface area contributed by atoms with Crippen molar-refractivity contribution in [3.8, 4) is 116 Å². The van der Waals surface area contributed by atoms with Gasteiger partial charge < -0.3 is 39.0 Å². The minimum Gasteiger partial charge on any atom is -0.480 e. The monoisotopic (exact) mass is 2070 g/mol. The van der Waals surface area contributed by atoms with E-state index in [1.54, 1.807) is 85.9 Å². The second-order valence-corrected chi connectivity index (χ2v) is 39.9. The van der Waals surface area contributed by atoms with Gasteiger partial charge >= 0.3 is 0 Å². The first kappa shape index (κ1) is 103. The Morgan fingerprint density at radius 3 is 1.08 bits per heavy atom. The number of anilines is 4. The fraction of sp³-hybridized carbons (Fsp3) is 0.224. The van der Waals surface area contributed by atoms with Gasteiger partial charge in [-0.2, -0.15) is 20.4 Å². The van der Waals surface area contributed by atoms with Crippen LogP contribution in [0.3, 0.4) is 0 Å². The molecule has 7 N–H and O–H groups in total. The summed E-state index contributed by atoms with van der Waals surface area (Å²) in [7, 11) is -12.1. The molecule has 146 heavy (non-hydrogen) atoms. The van der Waals surface area contributed by atoms with Crippen molar-refractivity contribution in [2.75, 3.05) is 60.5 Å². The van der Waals surface area contributed by atoms with Crippen LogP contribution in [0.1, 0.15) is 87.5 Å². The maximum Gasteiger partial charge on any atom is 0.264 e. The summed E-state index contributed by atoms with van der Waals surface area (Å²) in [6, 6.07) is 23.4. The quantitative estimate of drug-likeness (QED) is 0.0275. The van der Waals surface area contributed by atoms with Gasteiger partial charge in [-0.05, 0) is 155 Å². The number of aromatic nitrogens is 16. The molecule has 0 bridgehead atoms. The molecule has 2 aliphatic carbocycles. The molecule has 19 rings (SSSR count). The second-order valence-electron chi connectivity index (χ2n) is 33.2. The van der Waals surface area contributed by atoms with Crippen LogP contribution in [0.15, 0.2) is 221 Å². The number of hydrogen-bond acceptors (Lipinski definition) is 28. The van der Waals surface area contributed by atoms with Crippen LogP contribution in [0.4, 0.5) is 57.9 Å². The number of ether oxygens (including phenoxy) is 5. The Morgan fingerprint density at radius 2 is 0.753 bits per heavy atom. The highest BCUT2D eigenvalue weighted by Crippen LogP contribution is 2.38. The van der Waals surface area contributed by atoms with Crippen LogP contribution in [0.5, 0.6) is 23.5 Å². The zero-order valence-corrected chi connectivity index (χ0v) is 80.7. The highest BCUT2D eigenvalue weighted by atomic mass is 32.2. The molecular formula is C98H82F8N20O16S4. The number of nitrogens with zero attached hydrogens (tertiary/aromatic N) is 16. The Bertz CT molecular complexity index is 8510. The first-order chi connectivity index (χ1) is 69.7. The van der Waals surface area contributed by atoms with Crippen molar-refractivity contribution < 1.29 is 108 Å². The number of aliphatic hydroxyl groups excluding tert-OH is 1. The number of nitrogens with one attached hydrogen (secondary N) is 4. The lowest BCUT2D eigenvalue weighted by Crippen LogP contribution is -2.26. The van der Waals surface area contributed by atoms with Crippen LogP contribution in [-0.4, -0.2) is 192 Å². The zero-order valence-electron chi connectivity index (χ0n) is 77.4. The summed E-state index contributed by atoms with van der Waals surface area (Å²) in [6.07, 6.45) is 23.4. The topological polar surface area (TPSA) is 464 Å². The van der Waals surface area contributed by atoms with E-state index in [9.17, 15) is 84.1 Å². The van der Waals surface area contributed by atoms with E-state index in [2.05, 4.69) is 127 Å². The summed E-state index contributed by atoms with van der Waals surface area (Å²) in [5.41, 5.74) is 4.81. The van der Waals surface area contributed by atoms with Crippen LogP contribution in [0.25, 0.3) is 67.6 Å². The molecule has 750 valence electrons. The summed E-state index contributed by atoms with van der Waals surface area (Å²) in [6.45, 7) is 3.64. The van der Waals surface area contributed by atoms with E-state index in [1.165, 1.54) is 109 Å². The fourth-order valence-electron chi connectivity index (χ4n) is 15.0. The Hall–Kier alpha value is -16.3. The first-order valence-electron chi connectivity index (χ1n) is 43.9. The summed E-state index contributed by atoms with van der Waals surface area (Å²) in [5.74, 6) is 16.0. The molecule has 1 saturated heterocycles. The van der Waals surface area contributed by atoms with E-state index in [0.29, 0.717) is 134 Å². The molecule has 13 heterocycles. The average Bonchev–Trinajstić information content (AvgIpc) is 1.54. The lowest BCUT2D eigenvalue weighted by atomic mass is 9.87. The molecule has 3 fully saturated rings. The normalized spacial score (nSPS) is 16.1. The fourth-order valence-corrected chi connectivity index (χ4v) is 19.4. The number of alkyl halides is 1. The second kappa shape index (κ2) is 43.1. The number of rotatable bonds is 20. The van der Waals surface area contributed by atoms with E-state index >= 15 is 0 Å². The maximum absolute atomic E-state index is 14.2. The zero-order chi connectivity index (χ0) is 104. The molecule has 3 aliphatic rings. The van der Waals surface area contributed by atoms with Crippen LogP contribution in [0.2, 0.25) is 0 Å². The first-order valence-corrected chi connectivity index (χ1v) is 49.9. The smallest absolute Gasteiger partial charge is 0.264 e. The number of pyridine rings is 4. The predicted octanol–water partition coefficient (Wildman–Crippen LogP) is 13.4. The van der Waals surface area contributed by atoms with Gasteiger partial charge in [0.15, 0.2) is 28.2 Å². The third-order valence-corrected chi connectivity index (χ3v) is 27.9. The predicted molar refractivity (Wildman–Crippen MR) is 514 cm³/mol. The number of hydrogen-bond donors (Lipinski definition) is 7. The highest BCUT2D eigenvalue weighted by molar-refractivity contribution is 7.93. The molecule has 5 atom stereocenters. The molecular weight excluding hydrogens is 1990 g/mol. The van der Waals surface area contributed by atoms with Gasteiger partial charge in [0.05, 0.1) is 128 Å². The minimum absolute atomic E-state index is 0.0656. The van der Waals surface area contributed by atoms with E-state index in [4.69, 9.17) is 23.7 Å². The summed E-state index contributed by atoms with van der Waals surface area (Å²) in [5, 5.41) is 47.4. The molecule has 16 aromatic rings. The molecule has 0 amide bonds. The molecule has 4 aromatic carbocycles. The number of halogens is 8. The number of methoxy groups -OCH3 is 4. The van der Waals surface area contributed by atoms with Crippen LogP contribution in [0, 0.1) is 99.9 Å². The van der Waals surface area contributed by atoms with Crippen molar-refractivity contribution in [1.82, 2.24) is 78.3 Å². The number of sulfonamides is 4. The Morgan fingerprint density at radius 1 is 0.418 bits per heavy atom. The van der Waals surface area contributed by atoms with Gasteiger partial charge in [0.25, 0.3) is 40.1 Å². The van der Waals surface area contributed by atoms with Gasteiger partial charge in [-0.25, -0.2) is 127 Å². The molecule has 2 saturated carbocycles. The molecule has 1 aliphatic heterocycles. The molecule has 0 spiro atoms. The van der Waals surface area contributed by atoms with Crippen molar-refractivity contribution in [2.24, 2.45) is 11.8 Å². The number of aliphatic hydroxyl groups is 3. The summed E-state index contributed by atoms with van der Waals surface area (Å²) >= 11 is 0. The molecule has 12 aromatic heterocycles. The van der Waals surface area contributed by atoms with Crippen molar-refractivity contribution in [2.45, 2.75) is 108 Å². The van der Waals surface area contributed by atoms with E-state index in [0.717, 1.165) is 80.6 Å². The Balaban J connectivity index is 0.000000139. The largest absolute Gasteiger partial charge is 0.480 e. The Labute approximate surface area is 828 Å². The molecule has 36 nitrogen and oxygen atoms in total. The Kier molecular flexibility index (Phi) is 30.3. The van der Waals surface area contributed by atoms with E-state index in [-0.39, 0.29) is 69.6 Å². The lowest BCUT2D eigenvalue weighted by molar-refractivity contribution is 0.0765. The SMILES string of the molecule is COc1ncc(-c2ccn3ncc(C#CC(C)(C)O)c3n2)cc1NS(=O)(=O)c1ccc(F)cc1F.COc1ncc(-c2ccn3ncc(C#CC4(O)CCOC4)c3n2)cc1NS(=O)(=O)c1ccc(F)cc1F.COc1ncc(-c2ccn3ncc(C#CC4CCCC4F)c3n2)cc1NS(=O)(=O)c1ccc(F)cc1F.COc1ncc(-c2ccn3ncc(C#CC4CCCCC4O)c3n2)cc1NS(=O)(=O)c1ccc(F)cc1. The summed E-state index contributed by atoms with van der Waals surface area (Å²) < 4.78 is 253. The third kappa shape index (κ3) is 23.9. The minimum atomic E-state index is -4.44. The van der Waals surface area contributed by atoms with E-state index in [1.807, 2.05) is 0 Å². The number of fused-ring (bicyclic) bond motifs is 4. The molecule has 5 unspecified atom stereocenters. The van der Waals surface area contributed by atoms with Crippen LogP contribution < -0.4 is 37.8 Å². The van der Waals surface area contributed by atoms with Crippen molar-refractivity contribution in [3.05, 3.63) is 265 Å². The van der Waals surface area contributed by atoms with Gasteiger partial charge in [-0.15, -0.1) is 0 Å². The van der Waals surface area contributed by atoms with E-state index < -0.39 is 119 Å². The van der Waals surface area contributed by atoms with Crippen LogP contribution in [-0.2, 0) is 44.8 Å². The van der Waals surface area contributed by atoms with Gasteiger partial charge in [0.1, 0.15) is 89.9 Å². The lowest BCUT2D eigenvalue weighted by Gasteiger charge is -2.22. The third-order valence-electron chi connectivity index (χ3n) is 22.4. The van der Waals surface area contributed by atoms with Crippen LogP contribution >= 0.6 is 0 Å². The van der Waals surface area contributed by atoms with Gasteiger partial charge in [-0.3, -0.25) is 18.9 Å². The van der Waals surface area contributed by atoms with Gasteiger partial charge in [-0.1, -0.05) is 60.2 Å². The van der Waals surface area contributed by atoms with Gasteiger partial charge in [0.2, 0.25) is 23.5 Å². The van der Waals surface area contributed by atoms with Crippen molar-refractivity contribution in [3.63, 3.8) is 0 Å². The highest BCUT2D eigenvalue weighted by Gasteiger charge is 2.33. The summed E-state index contributed by atoms with van der Waals surface area (Å²) in [4.78, 5) is 32.7. The standard InChI is InChI=1S/C26H24FN5O4S.C25H20F3N5O3S.C24H19F2N5O5S.C23H19F2N5O4S/c1-36-26-23(31-37(34,35)21-10-8-20(27)9-11-21)14-19(15-28-26)22-12-13-32-25(30-22)18(16-29-32)7-6-17-4-2-3-5-24(17)33;1-36-25-22(32-37(34,35)23-8-7-18(26)12-20(23)28)11-17(13-29-25)21-9-10-33-24(31-21)16(14-30-33)6-5-15-3-2-4-19(15)27;1-35-23-20(30-37(33,34)21-3-2-17(25)11-18(21)26)10-16(12-27-23)19-5-8-31-22(29-19)15(13-28-31)4-6-24(32)7-9-36-14-24;1-23(2,31)8-6-14-13-27-30-9-7-18(28-21(14)30)15-10-19(22(34-3)26-12-15)29-35(32,33)20-5-4-16(24)11-17(20)25/h8-17,24,31,33H,2-5H2,1H3;7-15,19,32H,2-4H2,1H3;2-3,5,8,10-13,30,32H,7,9,14H2,1H3;4-5,7,9-13,29,31H,1-3H3. The molecule has 0 radical (unpaired) electrons. The van der Waals surface area contributed by atoms with Gasteiger partial charge in [0, 0.05) is 102 Å². The average molecular weight is 2080 g/mol. The molecule has 48 heteroatoms. The van der Waals surface area contributed by atoms with Crippen molar-refractivity contribution >= 4 is 85.4 Å². The maximum atomic E-state index is 14.2. The van der Waals surface area contributed by atoms with Crippen molar-refractivity contribution in [1.29, 1.82) is 0 Å². The number of benzene rings is 4.